The SMILES string of the molecule is CCCCCN1C(=O)C(C(=O)OCC)C(c2sccc2C)n2c1nc1ccccc12. The molecule has 1 amide bonds. The van der Waals surface area contributed by atoms with Crippen LogP contribution >= 0.6 is 11.3 Å². The Morgan fingerprint density at radius 1 is 1.20 bits per heavy atom. The molecule has 0 saturated carbocycles. The summed E-state index contributed by atoms with van der Waals surface area (Å²) in [6.45, 7) is 6.71. The lowest BCUT2D eigenvalue weighted by Gasteiger charge is -2.37. The fourth-order valence-corrected chi connectivity index (χ4v) is 5.25. The number of nitrogens with zero attached hydrogens (tertiary/aromatic N) is 3. The molecule has 30 heavy (non-hydrogen) atoms. The first kappa shape index (κ1) is 20.6. The van der Waals surface area contributed by atoms with Crippen molar-refractivity contribution in [3.8, 4) is 0 Å². The Morgan fingerprint density at radius 2 is 2.00 bits per heavy atom. The zero-order chi connectivity index (χ0) is 21.3. The van der Waals surface area contributed by atoms with Gasteiger partial charge in [-0.2, -0.15) is 0 Å². The van der Waals surface area contributed by atoms with Crippen LogP contribution in [0.1, 0.15) is 49.6 Å². The Hall–Kier alpha value is -2.67. The summed E-state index contributed by atoms with van der Waals surface area (Å²) in [7, 11) is 0. The average molecular weight is 426 g/mol. The Labute approximate surface area is 180 Å². The number of unbranched alkanes of at least 4 members (excludes halogenated alkanes) is 2. The number of anilines is 1. The molecular formula is C23H27N3O3S. The monoisotopic (exact) mass is 425 g/mol. The molecule has 6 nitrogen and oxygen atoms in total. The second-order valence-corrected chi connectivity index (χ2v) is 8.56. The topological polar surface area (TPSA) is 64.4 Å². The molecule has 0 radical (unpaired) electrons. The maximum Gasteiger partial charge on any atom is 0.321 e. The van der Waals surface area contributed by atoms with Gasteiger partial charge in [0.15, 0.2) is 5.92 Å². The van der Waals surface area contributed by atoms with Crippen molar-refractivity contribution in [2.24, 2.45) is 5.92 Å². The third kappa shape index (κ3) is 3.41. The smallest absolute Gasteiger partial charge is 0.321 e. The highest BCUT2D eigenvalue weighted by molar-refractivity contribution is 7.10. The number of ether oxygens (including phenoxy) is 1. The Balaban J connectivity index is 1.94. The molecular weight excluding hydrogens is 398 g/mol. The number of carbonyl (C=O) groups excluding carboxylic acids is 2. The van der Waals surface area contributed by atoms with E-state index in [0.717, 1.165) is 40.7 Å². The van der Waals surface area contributed by atoms with Crippen LogP contribution in [0, 0.1) is 12.8 Å². The molecule has 3 aromatic rings. The third-order valence-corrected chi connectivity index (χ3v) is 6.73. The summed E-state index contributed by atoms with van der Waals surface area (Å²) in [5, 5.41) is 2.00. The number of thiophene rings is 1. The van der Waals surface area contributed by atoms with E-state index < -0.39 is 17.9 Å². The predicted molar refractivity (Wildman–Crippen MR) is 119 cm³/mol. The van der Waals surface area contributed by atoms with Gasteiger partial charge in [-0.3, -0.25) is 19.1 Å². The first-order chi connectivity index (χ1) is 14.6. The van der Waals surface area contributed by atoms with E-state index in [-0.39, 0.29) is 12.5 Å². The van der Waals surface area contributed by atoms with Gasteiger partial charge in [-0.25, -0.2) is 4.98 Å². The molecule has 0 spiro atoms. The number of benzene rings is 1. The van der Waals surface area contributed by atoms with Gasteiger partial charge in [-0.05, 0) is 49.4 Å². The van der Waals surface area contributed by atoms with E-state index in [0.29, 0.717) is 12.5 Å². The standard InChI is InChI=1S/C23H27N3O3S/c1-4-6-9-13-25-21(27)18(22(28)29-5-2)19(20-15(3)12-14-30-20)26-17-11-8-7-10-16(17)24-23(25)26/h7-8,10-12,14,18-19H,4-6,9,13H2,1-3H3. The van der Waals surface area contributed by atoms with Crippen LogP contribution in [0.3, 0.4) is 0 Å². The van der Waals surface area contributed by atoms with Crippen LogP contribution in [0.15, 0.2) is 35.7 Å². The molecule has 0 aliphatic carbocycles. The number of amides is 1. The van der Waals surface area contributed by atoms with Crippen LogP contribution in [0.4, 0.5) is 5.95 Å². The summed E-state index contributed by atoms with van der Waals surface area (Å²) in [6, 6.07) is 9.43. The van der Waals surface area contributed by atoms with Gasteiger partial charge in [0.1, 0.15) is 0 Å². The van der Waals surface area contributed by atoms with Crippen molar-refractivity contribution >= 4 is 40.2 Å². The number of fused-ring (bicyclic) bond motifs is 3. The number of aryl methyl sites for hydroxylation is 1. The van der Waals surface area contributed by atoms with E-state index in [1.807, 2.05) is 42.6 Å². The van der Waals surface area contributed by atoms with Gasteiger partial charge in [0.05, 0.1) is 23.7 Å². The summed E-state index contributed by atoms with van der Waals surface area (Å²) in [5.74, 6) is -0.987. The molecule has 7 heteroatoms. The lowest BCUT2D eigenvalue weighted by molar-refractivity contribution is -0.153. The second-order valence-electron chi connectivity index (χ2n) is 7.61. The van der Waals surface area contributed by atoms with E-state index in [1.54, 1.807) is 23.2 Å². The van der Waals surface area contributed by atoms with Gasteiger partial charge in [0.25, 0.3) is 0 Å². The lowest BCUT2D eigenvalue weighted by Crippen LogP contribution is -2.50. The summed E-state index contributed by atoms with van der Waals surface area (Å²) in [4.78, 5) is 34.2. The molecule has 158 valence electrons. The summed E-state index contributed by atoms with van der Waals surface area (Å²) in [5.41, 5.74) is 2.81. The summed E-state index contributed by atoms with van der Waals surface area (Å²) < 4.78 is 7.45. The fraction of sp³-hybridized carbons (Fsp3) is 0.435. The van der Waals surface area contributed by atoms with E-state index in [2.05, 4.69) is 11.5 Å². The van der Waals surface area contributed by atoms with Gasteiger partial charge in [0.2, 0.25) is 11.9 Å². The number of rotatable bonds is 7. The minimum atomic E-state index is -0.922. The molecule has 0 bridgehead atoms. The molecule has 2 unspecified atom stereocenters. The number of hydrogen-bond donors (Lipinski definition) is 0. The van der Waals surface area contributed by atoms with Crippen LogP contribution in [-0.2, 0) is 14.3 Å². The lowest BCUT2D eigenvalue weighted by atomic mass is 9.92. The van der Waals surface area contributed by atoms with Gasteiger partial charge >= 0.3 is 5.97 Å². The summed E-state index contributed by atoms with van der Waals surface area (Å²) in [6.07, 6.45) is 2.93. The van der Waals surface area contributed by atoms with E-state index >= 15 is 0 Å². The highest BCUT2D eigenvalue weighted by atomic mass is 32.1. The molecule has 1 aromatic carbocycles. The first-order valence-corrected chi connectivity index (χ1v) is 11.4. The van der Waals surface area contributed by atoms with Gasteiger partial charge < -0.3 is 4.74 Å². The van der Waals surface area contributed by atoms with Crippen molar-refractivity contribution in [3.05, 3.63) is 46.2 Å². The Morgan fingerprint density at radius 3 is 2.70 bits per heavy atom. The van der Waals surface area contributed by atoms with Crippen molar-refractivity contribution in [2.45, 2.75) is 46.1 Å². The molecule has 1 aliphatic heterocycles. The fourth-order valence-electron chi connectivity index (χ4n) is 4.19. The zero-order valence-corrected chi connectivity index (χ0v) is 18.4. The van der Waals surface area contributed by atoms with E-state index in [4.69, 9.17) is 9.72 Å². The van der Waals surface area contributed by atoms with Crippen molar-refractivity contribution in [1.82, 2.24) is 9.55 Å². The molecule has 2 aromatic heterocycles. The van der Waals surface area contributed by atoms with Crippen molar-refractivity contribution in [3.63, 3.8) is 0 Å². The normalized spacial score (nSPS) is 18.6. The predicted octanol–water partition coefficient (Wildman–Crippen LogP) is 4.71. The number of carbonyl (C=O) groups is 2. The minimum Gasteiger partial charge on any atom is -0.465 e. The van der Waals surface area contributed by atoms with Crippen LogP contribution in [-0.4, -0.2) is 34.6 Å². The number of para-hydroxylation sites is 2. The Kier molecular flexibility index (Phi) is 5.90. The van der Waals surface area contributed by atoms with Crippen molar-refractivity contribution < 1.29 is 14.3 Å². The maximum atomic E-state index is 13.7. The number of esters is 1. The highest BCUT2D eigenvalue weighted by Crippen LogP contribution is 2.43. The first-order valence-electron chi connectivity index (χ1n) is 10.6. The number of aromatic nitrogens is 2. The van der Waals surface area contributed by atoms with Gasteiger partial charge in [-0.15, -0.1) is 11.3 Å². The van der Waals surface area contributed by atoms with Gasteiger partial charge in [-0.1, -0.05) is 31.9 Å². The maximum absolute atomic E-state index is 13.7. The van der Waals surface area contributed by atoms with Crippen molar-refractivity contribution in [1.29, 1.82) is 0 Å². The molecule has 3 heterocycles. The van der Waals surface area contributed by atoms with Crippen LogP contribution in [0.5, 0.6) is 0 Å². The largest absolute Gasteiger partial charge is 0.465 e. The quantitative estimate of drug-likeness (QED) is 0.312. The van der Waals surface area contributed by atoms with Gasteiger partial charge in [0, 0.05) is 11.4 Å². The average Bonchev–Trinajstić information content (AvgIpc) is 3.33. The second kappa shape index (κ2) is 8.60. The highest BCUT2D eigenvalue weighted by Gasteiger charge is 2.48. The number of imidazole rings is 1. The molecule has 2 atom stereocenters. The minimum absolute atomic E-state index is 0.217. The third-order valence-electron chi connectivity index (χ3n) is 5.64. The molecule has 0 fully saturated rings. The van der Waals surface area contributed by atoms with Crippen LogP contribution in [0.2, 0.25) is 0 Å². The van der Waals surface area contributed by atoms with Crippen LogP contribution < -0.4 is 4.90 Å². The molecule has 0 saturated heterocycles. The van der Waals surface area contributed by atoms with E-state index in [1.165, 1.54) is 0 Å². The Bertz CT molecular complexity index is 1070. The molecule has 4 rings (SSSR count). The zero-order valence-electron chi connectivity index (χ0n) is 17.6. The van der Waals surface area contributed by atoms with Crippen LogP contribution in [0.25, 0.3) is 11.0 Å². The van der Waals surface area contributed by atoms with E-state index in [9.17, 15) is 9.59 Å². The molecule has 1 aliphatic rings. The summed E-state index contributed by atoms with van der Waals surface area (Å²) >= 11 is 1.57. The van der Waals surface area contributed by atoms with Crippen molar-refractivity contribution in [2.75, 3.05) is 18.1 Å². The number of hydrogen-bond acceptors (Lipinski definition) is 5. The molecule has 0 N–H and O–H groups in total.